The summed E-state index contributed by atoms with van der Waals surface area (Å²) in [4.78, 5) is 2.41. The smallest absolute Gasteiger partial charge is 0.130 e. The van der Waals surface area contributed by atoms with Gasteiger partial charge in [0.25, 0.3) is 0 Å². The summed E-state index contributed by atoms with van der Waals surface area (Å²) in [6, 6.07) is 57.7. The standard InChI is InChI=1S/C42H37N5/c43-40(31-13-5-1-6-14-31)46-41(32-15-7-2-8-16-32)44-28-29-21-25-36-34(27-29)23-22-30-24-26-37-39(38(30)36)45-42(33-17-9-3-10-18-33)47(37)35-19-11-4-12-20-35/h1-27,40-42,44-46H,28,43H2. The number of fused-ring (bicyclic) bond motifs is 5. The molecule has 3 atom stereocenters. The van der Waals surface area contributed by atoms with Crippen LogP contribution in [0.15, 0.2) is 164 Å². The third-order valence-electron chi connectivity index (χ3n) is 9.14. The third kappa shape index (κ3) is 5.73. The van der Waals surface area contributed by atoms with Gasteiger partial charge in [-0.1, -0.05) is 140 Å². The Kier molecular flexibility index (Phi) is 7.85. The summed E-state index contributed by atoms with van der Waals surface area (Å²) in [6.45, 7) is 0.686. The molecule has 0 saturated heterocycles. The maximum Gasteiger partial charge on any atom is 0.130 e. The summed E-state index contributed by atoms with van der Waals surface area (Å²) in [6.07, 6.45) is -0.436. The van der Waals surface area contributed by atoms with Crippen molar-refractivity contribution in [2.24, 2.45) is 5.73 Å². The first-order valence-electron chi connectivity index (χ1n) is 16.2. The van der Waals surface area contributed by atoms with Crippen LogP contribution in [0.3, 0.4) is 0 Å². The molecular weight excluding hydrogens is 574 g/mol. The minimum Gasteiger partial charge on any atom is -0.359 e. The van der Waals surface area contributed by atoms with Crippen LogP contribution in [0.25, 0.3) is 21.5 Å². The van der Waals surface area contributed by atoms with Crippen molar-refractivity contribution in [3.05, 3.63) is 186 Å². The van der Waals surface area contributed by atoms with Gasteiger partial charge in [0.2, 0.25) is 0 Å². The quantitative estimate of drug-likeness (QED) is 0.0968. The summed E-state index contributed by atoms with van der Waals surface area (Å²) < 4.78 is 0. The maximum absolute atomic E-state index is 6.61. The lowest BCUT2D eigenvalue weighted by molar-refractivity contribution is 0.386. The fraction of sp³-hybridized carbons (Fsp3) is 0.0952. The zero-order valence-electron chi connectivity index (χ0n) is 26.1. The molecule has 5 nitrogen and oxygen atoms in total. The molecule has 1 heterocycles. The first kappa shape index (κ1) is 29.0. The predicted molar refractivity (Wildman–Crippen MR) is 195 cm³/mol. The number of rotatable bonds is 9. The molecule has 0 fully saturated rings. The normalized spacial score (nSPS) is 15.3. The molecule has 0 aliphatic carbocycles. The van der Waals surface area contributed by atoms with Crippen molar-refractivity contribution in [2.45, 2.75) is 25.0 Å². The number of benzene rings is 7. The topological polar surface area (TPSA) is 65.3 Å². The Morgan fingerprint density at radius 2 is 1.26 bits per heavy atom. The van der Waals surface area contributed by atoms with E-state index in [0.29, 0.717) is 6.54 Å². The molecule has 47 heavy (non-hydrogen) atoms. The van der Waals surface area contributed by atoms with E-state index in [0.717, 1.165) is 16.8 Å². The van der Waals surface area contributed by atoms with Crippen molar-refractivity contribution in [1.29, 1.82) is 0 Å². The lowest BCUT2D eigenvalue weighted by Crippen LogP contribution is -2.39. The Labute approximate surface area is 275 Å². The Hall–Kier alpha value is -5.46. The summed E-state index contributed by atoms with van der Waals surface area (Å²) >= 11 is 0. The van der Waals surface area contributed by atoms with Gasteiger partial charge < -0.3 is 16.0 Å². The highest BCUT2D eigenvalue weighted by Crippen LogP contribution is 2.50. The van der Waals surface area contributed by atoms with Gasteiger partial charge in [0.05, 0.1) is 23.7 Å². The van der Waals surface area contributed by atoms with E-state index in [1.807, 2.05) is 24.3 Å². The minimum atomic E-state index is -0.304. The molecule has 230 valence electrons. The minimum absolute atomic E-state index is 0.0115. The fourth-order valence-electron chi connectivity index (χ4n) is 6.81. The van der Waals surface area contributed by atoms with Crippen molar-refractivity contribution < 1.29 is 0 Å². The van der Waals surface area contributed by atoms with Gasteiger partial charge in [-0.2, -0.15) is 0 Å². The number of nitrogens with zero attached hydrogens (tertiary/aromatic N) is 1. The second kappa shape index (κ2) is 12.7. The van der Waals surface area contributed by atoms with E-state index in [1.165, 1.54) is 44.0 Å². The van der Waals surface area contributed by atoms with Gasteiger partial charge in [0.1, 0.15) is 6.17 Å². The average molecular weight is 612 g/mol. The molecule has 0 radical (unpaired) electrons. The second-order valence-corrected chi connectivity index (χ2v) is 12.1. The van der Waals surface area contributed by atoms with E-state index in [1.54, 1.807) is 0 Å². The lowest BCUT2D eigenvalue weighted by Gasteiger charge is -2.27. The predicted octanol–water partition coefficient (Wildman–Crippen LogP) is 9.29. The molecule has 3 unspecified atom stereocenters. The van der Waals surface area contributed by atoms with Crippen LogP contribution in [-0.2, 0) is 6.54 Å². The van der Waals surface area contributed by atoms with Crippen LogP contribution in [0.1, 0.15) is 40.8 Å². The molecule has 0 spiro atoms. The summed E-state index contributed by atoms with van der Waals surface area (Å²) in [5, 5.41) is 16.2. The first-order chi connectivity index (χ1) is 23.2. The fourth-order valence-corrected chi connectivity index (χ4v) is 6.81. The van der Waals surface area contributed by atoms with Crippen LogP contribution in [0.2, 0.25) is 0 Å². The van der Waals surface area contributed by atoms with Crippen molar-refractivity contribution >= 4 is 38.6 Å². The van der Waals surface area contributed by atoms with E-state index < -0.39 is 0 Å². The number of nitrogens with two attached hydrogens (primary N) is 1. The monoisotopic (exact) mass is 611 g/mol. The van der Waals surface area contributed by atoms with Crippen molar-refractivity contribution in [3.8, 4) is 0 Å². The second-order valence-electron chi connectivity index (χ2n) is 12.1. The maximum atomic E-state index is 6.61. The highest BCUT2D eigenvalue weighted by Gasteiger charge is 2.32. The molecule has 0 aromatic heterocycles. The molecule has 0 saturated carbocycles. The Bertz CT molecular complexity index is 2120. The summed E-state index contributed by atoms with van der Waals surface area (Å²) in [5.41, 5.74) is 14.7. The van der Waals surface area contributed by atoms with Crippen LogP contribution in [0, 0.1) is 0 Å². The number of hydrogen-bond acceptors (Lipinski definition) is 5. The zero-order valence-corrected chi connectivity index (χ0v) is 26.1. The van der Waals surface area contributed by atoms with E-state index >= 15 is 0 Å². The Morgan fingerprint density at radius 3 is 1.98 bits per heavy atom. The van der Waals surface area contributed by atoms with Gasteiger partial charge in [-0.3, -0.25) is 10.6 Å². The number of nitrogens with one attached hydrogen (secondary N) is 3. The molecule has 5 heteroatoms. The van der Waals surface area contributed by atoms with E-state index in [2.05, 4.69) is 160 Å². The van der Waals surface area contributed by atoms with Gasteiger partial charge in [0, 0.05) is 17.6 Å². The Morgan fingerprint density at radius 1 is 0.638 bits per heavy atom. The van der Waals surface area contributed by atoms with Gasteiger partial charge in [-0.05, 0) is 62.7 Å². The largest absolute Gasteiger partial charge is 0.359 e. The molecule has 7 aromatic rings. The van der Waals surface area contributed by atoms with Crippen molar-refractivity contribution in [1.82, 2.24) is 10.6 Å². The van der Waals surface area contributed by atoms with Gasteiger partial charge in [0.15, 0.2) is 0 Å². The van der Waals surface area contributed by atoms with Crippen molar-refractivity contribution in [3.63, 3.8) is 0 Å². The van der Waals surface area contributed by atoms with E-state index in [9.17, 15) is 0 Å². The average Bonchev–Trinajstić information content (AvgIpc) is 3.54. The molecule has 1 aliphatic rings. The highest BCUT2D eigenvalue weighted by molar-refractivity contribution is 6.17. The van der Waals surface area contributed by atoms with E-state index in [-0.39, 0.29) is 18.5 Å². The van der Waals surface area contributed by atoms with Gasteiger partial charge >= 0.3 is 0 Å². The number of anilines is 3. The van der Waals surface area contributed by atoms with Gasteiger partial charge in [-0.25, -0.2) is 0 Å². The first-order valence-corrected chi connectivity index (χ1v) is 16.2. The van der Waals surface area contributed by atoms with Crippen LogP contribution < -0.4 is 26.6 Å². The summed E-state index contributed by atoms with van der Waals surface area (Å²) in [5.74, 6) is 0. The number of para-hydroxylation sites is 1. The highest BCUT2D eigenvalue weighted by atomic mass is 15.3. The summed E-state index contributed by atoms with van der Waals surface area (Å²) in [7, 11) is 0. The molecule has 7 aromatic carbocycles. The van der Waals surface area contributed by atoms with Crippen molar-refractivity contribution in [2.75, 3.05) is 10.2 Å². The molecule has 0 bridgehead atoms. The molecule has 1 aliphatic heterocycles. The molecule has 8 rings (SSSR count). The van der Waals surface area contributed by atoms with Gasteiger partial charge in [-0.15, -0.1) is 0 Å². The molecule has 5 N–H and O–H groups in total. The number of hydrogen-bond donors (Lipinski definition) is 4. The Balaban J connectivity index is 1.13. The van der Waals surface area contributed by atoms with Crippen LogP contribution in [0.4, 0.5) is 17.1 Å². The third-order valence-corrected chi connectivity index (χ3v) is 9.14. The zero-order chi connectivity index (χ0) is 31.6. The lowest BCUT2D eigenvalue weighted by atomic mass is 9.98. The van der Waals surface area contributed by atoms with Crippen LogP contribution in [0.5, 0.6) is 0 Å². The van der Waals surface area contributed by atoms with Crippen LogP contribution >= 0.6 is 0 Å². The van der Waals surface area contributed by atoms with Crippen LogP contribution in [-0.4, -0.2) is 0 Å². The van der Waals surface area contributed by atoms with E-state index in [4.69, 9.17) is 5.73 Å². The SMILES string of the molecule is NC(NC(NCc1ccc2c(ccc3ccc4c(c32)NC(c2ccccc2)N4c2ccccc2)c1)c1ccccc1)c1ccccc1. The molecular formula is C42H37N5. The molecule has 0 amide bonds.